The third-order valence-corrected chi connectivity index (χ3v) is 4.52. The normalized spacial score (nSPS) is 10.5. The van der Waals surface area contributed by atoms with Crippen molar-refractivity contribution in [3.8, 4) is 22.9 Å². The van der Waals surface area contributed by atoms with Crippen molar-refractivity contribution in [2.75, 3.05) is 26.1 Å². The highest BCUT2D eigenvalue weighted by Gasteiger charge is 2.15. The first kappa shape index (κ1) is 23.0. The molecule has 1 aromatic heterocycles. The lowest BCUT2D eigenvalue weighted by atomic mass is 10.2. The fourth-order valence-corrected chi connectivity index (χ4v) is 2.88. The predicted octanol–water partition coefficient (Wildman–Crippen LogP) is 3.66. The lowest BCUT2D eigenvalue weighted by molar-refractivity contribution is -0.147. The molecule has 32 heavy (non-hydrogen) atoms. The summed E-state index contributed by atoms with van der Waals surface area (Å²) in [7, 11) is 2.86. The van der Waals surface area contributed by atoms with Gasteiger partial charge in [0, 0.05) is 24.1 Å². The van der Waals surface area contributed by atoms with E-state index in [2.05, 4.69) is 15.5 Å². The fourth-order valence-electron chi connectivity index (χ4n) is 2.64. The standard InChI is InChI=1S/C21H19ClFN3O6/c1-29-16-10-15(17(30-2)9-14(16)22)24-18(27)11-31-20(28)8-7-19-25-21(26-32-19)12-3-5-13(23)6-4-12/h3-6,9-10H,7-8,11H2,1-2H3,(H,24,27). The van der Waals surface area contributed by atoms with Crippen LogP contribution in [0.15, 0.2) is 40.9 Å². The van der Waals surface area contributed by atoms with Crippen LogP contribution in [0.4, 0.5) is 10.1 Å². The van der Waals surface area contributed by atoms with Gasteiger partial charge >= 0.3 is 5.97 Å². The van der Waals surface area contributed by atoms with Crippen molar-refractivity contribution in [1.82, 2.24) is 10.1 Å². The van der Waals surface area contributed by atoms with Crippen LogP contribution < -0.4 is 14.8 Å². The van der Waals surface area contributed by atoms with E-state index in [9.17, 15) is 14.0 Å². The number of aryl methyl sites for hydroxylation is 1. The minimum Gasteiger partial charge on any atom is -0.495 e. The average molecular weight is 464 g/mol. The highest BCUT2D eigenvalue weighted by atomic mass is 35.5. The Morgan fingerprint density at radius 2 is 1.84 bits per heavy atom. The molecular formula is C21H19ClFN3O6. The van der Waals surface area contributed by atoms with Crippen LogP contribution in [0.25, 0.3) is 11.4 Å². The first-order valence-electron chi connectivity index (χ1n) is 9.35. The molecule has 1 heterocycles. The molecule has 0 aliphatic carbocycles. The molecule has 0 spiro atoms. The maximum absolute atomic E-state index is 13.0. The highest BCUT2D eigenvalue weighted by Crippen LogP contribution is 2.35. The second kappa shape index (κ2) is 10.6. The maximum atomic E-state index is 13.0. The lowest BCUT2D eigenvalue weighted by Crippen LogP contribution is -2.21. The van der Waals surface area contributed by atoms with Gasteiger partial charge in [0.05, 0.1) is 31.4 Å². The first-order valence-corrected chi connectivity index (χ1v) is 9.73. The Morgan fingerprint density at radius 3 is 2.53 bits per heavy atom. The summed E-state index contributed by atoms with van der Waals surface area (Å²) in [5, 5.41) is 6.68. The number of nitrogens with zero attached hydrogens (tertiary/aromatic N) is 2. The summed E-state index contributed by atoms with van der Waals surface area (Å²) in [4.78, 5) is 28.3. The molecule has 0 atom stereocenters. The Kier molecular flexibility index (Phi) is 7.61. The van der Waals surface area contributed by atoms with E-state index in [0.29, 0.717) is 27.8 Å². The van der Waals surface area contributed by atoms with Gasteiger partial charge in [-0.25, -0.2) is 4.39 Å². The number of rotatable bonds is 9. The monoisotopic (exact) mass is 463 g/mol. The van der Waals surface area contributed by atoms with E-state index in [1.54, 1.807) is 0 Å². The molecule has 168 valence electrons. The maximum Gasteiger partial charge on any atom is 0.306 e. The molecule has 1 amide bonds. The summed E-state index contributed by atoms with van der Waals surface area (Å²) in [6.07, 6.45) is 0.0489. The zero-order valence-corrected chi connectivity index (χ0v) is 17.9. The third-order valence-electron chi connectivity index (χ3n) is 4.23. The fraction of sp³-hybridized carbons (Fsp3) is 0.238. The van der Waals surface area contributed by atoms with Crippen LogP contribution in [0.2, 0.25) is 5.02 Å². The average Bonchev–Trinajstić information content (AvgIpc) is 3.26. The summed E-state index contributed by atoms with van der Waals surface area (Å²) in [6.45, 7) is -0.502. The van der Waals surface area contributed by atoms with Gasteiger partial charge in [0.1, 0.15) is 17.3 Å². The number of carbonyl (C=O) groups excluding carboxylic acids is 2. The van der Waals surface area contributed by atoms with Crippen molar-refractivity contribution in [3.05, 3.63) is 53.1 Å². The van der Waals surface area contributed by atoms with Gasteiger partial charge in [0.25, 0.3) is 5.91 Å². The molecule has 1 N–H and O–H groups in total. The van der Waals surface area contributed by atoms with Gasteiger partial charge in [0.15, 0.2) is 6.61 Å². The Hall–Kier alpha value is -3.66. The van der Waals surface area contributed by atoms with Gasteiger partial charge in [-0.2, -0.15) is 4.98 Å². The Labute approximate surface area is 187 Å². The second-order valence-corrected chi connectivity index (χ2v) is 6.82. The summed E-state index contributed by atoms with van der Waals surface area (Å²) < 4.78 is 33.3. The number of nitrogens with one attached hydrogen (secondary N) is 1. The van der Waals surface area contributed by atoms with Crippen LogP contribution in [0.5, 0.6) is 11.5 Å². The number of aromatic nitrogens is 2. The number of carbonyl (C=O) groups is 2. The number of halogens is 2. The van der Waals surface area contributed by atoms with Crippen LogP contribution in [0.3, 0.4) is 0 Å². The summed E-state index contributed by atoms with van der Waals surface area (Å²) >= 11 is 6.03. The number of ether oxygens (including phenoxy) is 3. The Bertz CT molecular complexity index is 1100. The zero-order valence-electron chi connectivity index (χ0n) is 17.2. The van der Waals surface area contributed by atoms with Gasteiger partial charge in [0.2, 0.25) is 11.7 Å². The van der Waals surface area contributed by atoms with E-state index in [-0.39, 0.29) is 30.4 Å². The summed E-state index contributed by atoms with van der Waals surface area (Å²) in [5.74, 6) is -0.412. The molecule has 0 saturated carbocycles. The number of benzene rings is 2. The van der Waals surface area contributed by atoms with Gasteiger partial charge in [-0.1, -0.05) is 16.8 Å². The third kappa shape index (κ3) is 5.94. The van der Waals surface area contributed by atoms with Crippen LogP contribution in [0.1, 0.15) is 12.3 Å². The van der Waals surface area contributed by atoms with Crippen molar-refractivity contribution in [3.63, 3.8) is 0 Å². The topological polar surface area (TPSA) is 113 Å². The number of anilines is 1. The molecule has 3 aromatic rings. The molecule has 2 aromatic carbocycles. The van der Waals surface area contributed by atoms with Gasteiger partial charge in [-0.3, -0.25) is 9.59 Å². The van der Waals surface area contributed by atoms with Crippen molar-refractivity contribution < 1.29 is 32.7 Å². The van der Waals surface area contributed by atoms with Gasteiger partial charge < -0.3 is 24.1 Å². The molecular weight excluding hydrogens is 445 g/mol. The molecule has 3 rings (SSSR count). The number of hydrogen-bond acceptors (Lipinski definition) is 8. The molecule has 0 radical (unpaired) electrons. The van der Waals surface area contributed by atoms with Gasteiger partial charge in [-0.05, 0) is 24.3 Å². The van der Waals surface area contributed by atoms with Crippen molar-refractivity contribution >= 4 is 29.2 Å². The van der Waals surface area contributed by atoms with E-state index in [1.165, 1.54) is 50.6 Å². The van der Waals surface area contributed by atoms with Gasteiger partial charge in [-0.15, -0.1) is 0 Å². The Balaban J connectivity index is 1.48. The molecule has 0 fully saturated rings. The minimum absolute atomic E-state index is 0.0730. The van der Waals surface area contributed by atoms with Crippen LogP contribution in [-0.2, 0) is 20.7 Å². The molecule has 0 bridgehead atoms. The molecule has 0 aliphatic rings. The van der Waals surface area contributed by atoms with Crippen molar-refractivity contribution in [2.45, 2.75) is 12.8 Å². The van der Waals surface area contributed by atoms with E-state index >= 15 is 0 Å². The highest BCUT2D eigenvalue weighted by molar-refractivity contribution is 6.32. The van der Waals surface area contributed by atoms with E-state index in [4.69, 9.17) is 30.3 Å². The molecule has 0 unspecified atom stereocenters. The lowest BCUT2D eigenvalue weighted by Gasteiger charge is -2.13. The summed E-state index contributed by atoms with van der Waals surface area (Å²) in [6, 6.07) is 8.58. The Morgan fingerprint density at radius 1 is 1.12 bits per heavy atom. The quantitative estimate of drug-likeness (QED) is 0.478. The van der Waals surface area contributed by atoms with Crippen molar-refractivity contribution in [2.24, 2.45) is 0 Å². The number of hydrogen-bond donors (Lipinski definition) is 1. The van der Waals surface area contributed by atoms with E-state index in [0.717, 1.165) is 0 Å². The minimum atomic E-state index is -0.623. The number of amides is 1. The van der Waals surface area contributed by atoms with Crippen LogP contribution >= 0.6 is 11.6 Å². The van der Waals surface area contributed by atoms with Crippen LogP contribution in [0, 0.1) is 5.82 Å². The molecule has 0 saturated heterocycles. The molecule has 0 aliphatic heterocycles. The first-order chi connectivity index (χ1) is 15.4. The summed E-state index contributed by atoms with van der Waals surface area (Å²) in [5.41, 5.74) is 0.892. The number of methoxy groups -OCH3 is 2. The van der Waals surface area contributed by atoms with Crippen molar-refractivity contribution in [1.29, 1.82) is 0 Å². The van der Waals surface area contributed by atoms with Crippen LogP contribution in [-0.4, -0.2) is 42.8 Å². The van der Waals surface area contributed by atoms with E-state index in [1.807, 2.05) is 0 Å². The smallest absolute Gasteiger partial charge is 0.306 e. The SMILES string of the molecule is COc1cc(NC(=O)COC(=O)CCc2nc(-c3ccc(F)cc3)no2)c(OC)cc1Cl. The van der Waals surface area contributed by atoms with E-state index < -0.39 is 18.5 Å². The zero-order chi connectivity index (χ0) is 23.1. The predicted molar refractivity (Wildman–Crippen MR) is 112 cm³/mol. The molecule has 9 nitrogen and oxygen atoms in total. The second-order valence-electron chi connectivity index (χ2n) is 6.41. The molecule has 11 heteroatoms. The number of esters is 1. The largest absolute Gasteiger partial charge is 0.495 e.